The lowest BCUT2D eigenvalue weighted by Crippen LogP contribution is -2.39. The van der Waals surface area contributed by atoms with E-state index in [4.69, 9.17) is 0 Å². The number of hydrogen-bond acceptors (Lipinski definition) is 2. The molecule has 1 aromatic carbocycles. The summed E-state index contributed by atoms with van der Waals surface area (Å²) in [5, 5.41) is 6.13. The Morgan fingerprint density at radius 1 is 1.17 bits per heavy atom. The van der Waals surface area contributed by atoms with Crippen molar-refractivity contribution < 1.29 is 4.79 Å². The van der Waals surface area contributed by atoms with E-state index in [0.717, 1.165) is 12.1 Å². The van der Waals surface area contributed by atoms with Gasteiger partial charge < -0.3 is 10.6 Å². The van der Waals surface area contributed by atoms with Crippen molar-refractivity contribution >= 4 is 5.91 Å². The number of nitrogens with one attached hydrogen (secondary N) is 2. The Morgan fingerprint density at radius 2 is 1.78 bits per heavy atom. The zero-order valence-corrected chi connectivity index (χ0v) is 11.8. The lowest BCUT2D eigenvalue weighted by molar-refractivity contribution is -0.120. The van der Waals surface area contributed by atoms with Crippen molar-refractivity contribution in [3.8, 4) is 0 Å². The van der Waals surface area contributed by atoms with Crippen molar-refractivity contribution in [2.24, 2.45) is 5.41 Å². The molecule has 1 rings (SSSR count). The third kappa shape index (κ3) is 5.32. The molecular weight excluding hydrogens is 224 g/mol. The number of benzene rings is 1. The molecule has 1 amide bonds. The van der Waals surface area contributed by atoms with E-state index in [1.807, 2.05) is 38.2 Å². The first-order chi connectivity index (χ1) is 8.43. The molecule has 0 radical (unpaired) electrons. The van der Waals surface area contributed by atoms with Gasteiger partial charge in [0.05, 0.1) is 6.42 Å². The van der Waals surface area contributed by atoms with Gasteiger partial charge in [0.15, 0.2) is 0 Å². The summed E-state index contributed by atoms with van der Waals surface area (Å²) < 4.78 is 0. The second-order valence-electron chi connectivity index (χ2n) is 5.63. The molecule has 1 aromatic rings. The number of amides is 1. The zero-order chi connectivity index (χ0) is 13.6. The lowest BCUT2D eigenvalue weighted by atomic mass is 9.93. The molecule has 3 nitrogen and oxygen atoms in total. The minimum atomic E-state index is 0.0810. The summed E-state index contributed by atoms with van der Waals surface area (Å²) in [7, 11) is 1.93. The number of carbonyl (C=O) groups is 1. The molecule has 0 aliphatic carbocycles. The highest BCUT2D eigenvalue weighted by molar-refractivity contribution is 5.78. The Labute approximate surface area is 110 Å². The van der Waals surface area contributed by atoms with E-state index in [1.165, 1.54) is 5.56 Å². The third-order valence-corrected chi connectivity index (χ3v) is 2.90. The topological polar surface area (TPSA) is 41.1 Å². The first kappa shape index (κ1) is 14.7. The molecule has 0 fully saturated rings. The van der Waals surface area contributed by atoms with Crippen LogP contribution in [-0.4, -0.2) is 26.0 Å². The van der Waals surface area contributed by atoms with Gasteiger partial charge in [0.25, 0.3) is 0 Å². The summed E-state index contributed by atoms with van der Waals surface area (Å²) in [5.41, 5.74) is 2.36. The first-order valence-corrected chi connectivity index (χ1v) is 6.40. The minimum absolute atomic E-state index is 0.0810. The van der Waals surface area contributed by atoms with Gasteiger partial charge in [0.2, 0.25) is 5.91 Å². The van der Waals surface area contributed by atoms with Crippen LogP contribution < -0.4 is 10.6 Å². The molecule has 0 unspecified atom stereocenters. The van der Waals surface area contributed by atoms with Crippen molar-refractivity contribution in [2.75, 3.05) is 20.1 Å². The van der Waals surface area contributed by atoms with Crippen molar-refractivity contribution in [1.29, 1.82) is 0 Å². The summed E-state index contributed by atoms with van der Waals surface area (Å²) in [4.78, 5) is 11.8. The Kier molecular flexibility index (Phi) is 5.35. The fraction of sp³-hybridized carbons (Fsp3) is 0.533. The number of carbonyl (C=O) groups excluding carboxylic acids is 1. The standard InChI is InChI=1S/C15H24N2O/c1-12-5-7-13(8-6-12)9-14(18)17-11-15(2,3)10-16-4/h5-8,16H,9-11H2,1-4H3,(H,17,18). The van der Waals surface area contributed by atoms with Gasteiger partial charge in [0, 0.05) is 13.1 Å². The monoisotopic (exact) mass is 248 g/mol. The summed E-state index contributed by atoms with van der Waals surface area (Å²) in [5.74, 6) is 0.0861. The molecule has 0 saturated heterocycles. The lowest BCUT2D eigenvalue weighted by Gasteiger charge is -2.24. The van der Waals surface area contributed by atoms with Crippen LogP contribution in [0.1, 0.15) is 25.0 Å². The summed E-state index contributed by atoms with van der Waals surface area (Å²) in [6.07, 6.45) is 0.454. The van der Waals surface area contributed by atoms with Gasteiger partial charge in [-0.05, 0) is 24.9 Å². The number of aryl methyl sites for hydroxylation is 1. The van der Waals surface area contributed by atoms with E-state index in [1.54, 1.807) is 0 Å². The largest absolute Gasteiger partial charge is 0.355 e. The van der Waals surface area contributed by atoms with Gasteiger partial charge in [-0.25, -0.2) is 0 Å². The van der Waals surface area contributed by atoms with Crippen LogP contribution in [-0.2, 0) is 11.2 Å². The minimum Gasteiger partial charge on any atom is -0.355 e. The van der Waals surface area contributed by atoms with Crippen LogP contribution in [0.25, 0.3) is 0 Å². The van der Waals surface area contributed by atoms with Crippen LogP contribution in [0, 0.1) is 12.3 Å². The normalized spacial score (nSPS) is 11.3. The van der Waals surface area contributed by atoms with Crippen molar-refractivity contribution in [2.45, 2.75) is 27.2 Å². The Morgan fingerprint density at radius 3 is 2.33 bits per heavy atom. The summed E-state index contributed by atoms with van der Waals surface area (Å²) >= 11 is 0. The maximum Gasteiger partial charge on any atom is 0.224 e. The van der Waals surface area contributed by atoms with E-state index in [-0.39, 0.29) is 11.3 Å². The molecule has 0 aliphatic rings. The molecular formula is C15H24N2O. The third-order valence-electron chi connectivity index (χ3n) is 2.90. The van der Waals surface area contributed by atoms with Gasteiger partial charge >= 0.3 is 0 Å². The van der Waals surface area contributed by atoms with Crippen LogP contribution in [0.5, 0.6) is 0 Å². The quantitative estimate of drug-likeness (QED) is 0.807. The maximum absolute atomic E-state index is 11.8. The van der Waals surface area contributed by atoms with Gasteiger partial charge in [-0.1, -0.05) is 43.7 Å². The average Bonchev–Trinajstić information content (AvgIpc) is 2.30. The molecule has 0 spiro atoms. The number of rotatable bonds is 6. The van der Waals surface area contributed by atoms with Crippen molar-refractivity contribution in [1.82, 2.24) is 10.6 Å². The predicted octanol–water partition coefficient (Wildman–Crippen LogP) is 1.90. The van der Waals surface area contributed by atoms with Crippen molar-refractivity contribution in [3.05, 3.63) is 35.4 Å². The zero-order valence-electron chi connectivity index (χ0n) is 11.8. The molecule has 100 valence electrons. The van der Waals surface area contributed by atoms with E-state index < -0.39 is 0 Å². The molecule has 0 saturated carbocycles. The molecule has 0 aliphatic heterocycles. The van der Waals surface area contributed by atoms with Crippen molar-refractivity contribution in [3.63, 3.8) is 0 Å². The molecule has 2 N–H and O–H groups in total. The molecule has 0 bridgehead atoms. The molecule has 0 aromatic heterocycles. The second kappa shape index (κ2) is 6.55. The van der Waals surface area contributed by atoms with E-state index in [9.17, 15) is 4.79 Å². The Hall–Kier alpha value is -1.35. The highest BCUT2D eigenvalue weighted by Crippen LogP contribution is 2.11. The Bertz CT molecular complexity index is 382. The predicted molar refractivity (Wildman–Crippen MR) is 75.6 cm³/mol. The Balaban J connectivity index is 2.40. The van der Waals surface area contributed by atoms with E-state index >= 15 is 0 Å². The molecule has 3 heteroatoms. The second-order valence-corrected chi connectivity index (χ2v) is 5.63. The summed E-state index contributed by atoms with van der Waals surface area (Å²) in [6.45, 7) is 7.89. The highest BCUT2D eigenvalue weighted by Gasteiger charge is 2.17. The van der Waals surface area contributed by atoms with E-state index in [0.29, 0.717) is 13.0 Å². The maximum atomic E-state index is 11.8. The smallest absolute Gasteiger partial charge is 0.224 e. The van der Waals surface area contributed by atoms with Crippen LogP contribution in [0.4, 0.5) is 0 Å². The van der Waals surface area contributed by atoms with Crippen LogP contribution in [0.2, 0.25) is 0 Å². The van der Waals surface area contributed by atoms with E-state index in [2.05, 4.69) is 24.5 Å². The fourth-order valence-electron chi connectivity index (χ4n) is 1.83. The molecule has 18 heavy (non-hydrogen) atoms. The molecule has 0 atom stereocenters. The van der Waals surface area contributed by atoms with Gasteiger partial charge in [-0.15, -0.1) is 0 Å². The van der Waals surface area contributed by atoms with Gasteiger partial charge in [-0.3, -0.25) is 4.79 Å². The first-order valence-electron chi connectivity index (χ1n) is 6.40. The fourth-order valence-corrected chi connectivity index (χ4v) is 1.83. The molecule has 0 heterocycles. The number of hydrogen-bond donors (Lipinski definition) is 2. The van der Waals surface area contributed by atoms with Crippen LogP contribution >= 0.6 is 0 Å². The van der Waals surface area contributed by atoms with Crippen LogP contribution in [0.15, 0.2) is 24.3 Å². The average molecular weight is 248 g/mol. The summed E-state index contributed by atoms with van der Waals surface area (Å²) in [6, 6.07) is 8.09. The van der Waals surface area contributed by atoms with Gasteiger partial charge in [0.1, 0.15) is 0 Å². The van der Waals surface area contributed by atoms with Crippen LogP contribution in [0.3, 0.4) is 0 Å². The highest BCUT2D eigenvalue weighted by atomic mass is 16.1. The SMILES string of the molecule is CNCC(C)(C)CNC(=O)Cc1ccc(C)cc1. The van der Waals surface area contributed by atoms with Gasteiger partial charge in [-0.2, -0.15) is 0 Å².